The first-order valence-corrected chi connectivity index (χ1v) is 9.51. The molecule has 1 saturated carbocycles. The van der Waals surface area contributed by atoms with Crippen molar-refractivity contribution in [1.82, 2.24) is 5.32 Å². The van der Waals surface area contributed by atoms with Gasteiger partial charge in [-0.25, -0.2) is 0 Å². The molecule has 4 rings (SSSR count). The van der Waals surface area contributed by atoms with Crippen molar-refractivity contribution in [2.24, 2.45) is 17.8 Å². The lowest BCUT2D eigenvalue weighted by Gasteiger charge is -2.22. The fourth-order valence-electron chi connectivity index (χ4n) is 4.29. The van der Waals surface area contributed by atoms with Crippen molar-refractivity contribution < 1.29 is 14.3 Å². The van der Waals surface area contributed by atoms with E-state index in [1.165, 1.54) is 5.56 Å². The van der Waals surface area contributed by atoms with E-state index in [1.54, 1.807) is 0 Å². The minimum absolute atomic E-state index is 0.176. The molecule has 25 heavy (non-hydrogen) atoms. The number of carbonyl (C=O) groups is 1. The molecule has 1 aromatic carbocycles. The second-order valence-corrected chi connectivity index (χ2v) is 7.55. The molecule has 4 heteroatoms. The highest BCUT2D eigenvalue weighted by Crippen LogP contribution is 2.43. The second kappa shape index (κ2) is 7.71. The largest absolute Gasteiger partial charge is 0.381 e. The lowest BCUT2D eigenvalue weighted by molar-refractivity contribution is -0.125. The molecule has 134 valence electrons. The van der Waals surface area contributed by atoms with Crippen LogP contribution in [0.25, 0.3) is 0 Å². The average Bonchev–Trinajstić information content (AvgIpc) is 3.29. The highest BCUT2D eigenvalue weighted by Gasteiger charge is 2.39. The summed E-state index contributed by atoms with van der Waals surface area (Å²) in [4.78, 5) is 12.4. The van der Waals surface area contributed by atoms with Gasteiger partial charge in [0, 0.05) is 25.7 Å². The zero-order chi connectivity index (χ0) is 17.1. The van der Waals surface area contributed by atoms with E-state index in [4.69, 9.17) is 9.47 Å². The summed E-state index contributed by atoms with van der Waals surface area (Å²) in [5.74, 6) is 1.48. The molecule has 1 aromatic rings. The molecule has 3 atom stereocenters. The Morgan fingerprint density at radius 1 is 1.16 bits per heavy atom. The quantitative estimate of drug-likeness (QED) is 0.808. The van der Waals surface area contributed by atoms with E-state index < -0.39 is 0 Å². The molecule has 0 unspecified atom stereocenters. The van der Waals surface area contributed by atoms with Gasteiger partial charge in [0.1, 0.15) is 0 Å². The monoisotopic (exact) mass is 341 g/mol. The number of rotatable bonds is 6. The standard InChI is InChI=1S/C21H27NO3/c23-21(20-12-15-4-5-18(20)11-15)22-13-16-2-1-3-17(10-16)14-25-19-6-8-24-9-7-19/h1-5,10,15,18-20H,6-9,11-14H2,(H,22,23)/t15-,18-,20-/m0/s1. The highest BCUT2D eigenvalue weighted by molar-refractivity contribution is 5.80. The maximum absolute atomic E-state index is 12.4. The lowest BCUT2D eigenvalue weighted by atomic mass is 9.93. The minimum Gasteiger partial charge on any atom is -0.381 e. The predicted octanol–water partition coefficient (Wildman–Crippen LogP) is 3.21. The molecule has 3 aliphatic rings. The van der Waals surface area contributed by atoms with Gasteiger partial charge in [0.25, 0.3) is 0 Å². The first-order chi connectivity index (χ1) is 12.3. The lowest BCUT2D eigenvalue weighted by Crippen LogP contribution is -2.32. The average molecular weight is 341 g/mol. The second-order valence-electron chi connectivity index (χ2n) is 7.55. The first kappa shape index (κ1) is 16.8. The number of benzene rings is 1. The maximum atomic E-state index is 12.4. The summed E-state index contributed by atoms with van der Waals surface area (Å²) in [6, 6.07) is 8.34. The molecule has 2 aliphatic carbocycles. The van der Waals surface area contributed by atoms with Gasteiger partial charge in [0.05, 0.1) is 12.7 Å². The van der Waals surface area contributed by atoms with Crippen LogP contribution in [-0.4, -0.2) is 25.2 Å². The molecule has 1 amide bonds. The predicted molar refractivity (Wildman–Crippen MR) is 95.8 cm³/mol. The summed E-state index contributed by atoms with van der Waals surface area (Å²) in [7, 11) is 0. The van der Waals surface area contributed by atoms with Crippen molar-refractivity contribution in [2.75, 3.05) is 13.2 Å². The SMILES string of the molecule is O=C(NCc1cccc(COC2CCOCC2)c1)[C@H]1C[C@H]2C=C[C@H]1C2. The van der Waals surface area contributed by atoms with E-state index >= 15 is 0 Å². The highest BCUT2D eigenvalue weighted by atomic mass is 16.5. The van der Waals surface area contributed by atoms with Crippen LogP contribution >= 0.6 is 0 Å². The van der Waals surface area contributed by atoms with Gasteiger partial charge in [0.15, 0.2) is 0 Å². The summed E-state index contributed by atoms with van der Waals surface area (Å²) in [5.41, 5.74) is 2.31. The van der Waals surface area contributed by atoms with Crippen LogP contribution in [-0.2, 0) is 27.4 Å². The first-order valence-electron chi connectivity index (χ1n) is 9.51. The van der Waals surface area contributed by atoms with E-state index in [0.29, 0.717) is 31.1 Å². The van der Waals surface area contributed by atoms with Gasteiger partial charge in [-0.1, -0.05) is 36.4 Å². The normalized spacial score (nSPS) is 28.4. The number of ether oxygens (including phenoxy) is 2. The van der Waals surface area contributed by atoms with Gasteiger partial charge in [-0.2, -0.15) is 0 Å². The summed E-state index contributed by atoms with van der Waals surface area (Å²) < 4.78 is 11.4. The van der Waals surface area contributed by atoms with E-state index in [-0.39, 0.29) is 11.8 Å². The van der Waals surface area contributed by atoms with E-state index in [2.05, 4.69) is 35.7 Å². The van der Waals surface area contributed by atoms with Crippen molar-refractivity contribution in [2.45, 2.75) is 44.9 Å². The third kappa shape index (κ3) is 4.13. The third-order valence-corrected chi connectivity index (χ3v) is 5.73. The van der Waals surface area contributed by atoms with Crippen molar-refractivity contribution in [1.29, 1.82) is 0 Å². The number of amides is 1. The van der Waals surface area contributed by atoms with Crippen LogP contribution < -0.4 is 5.32 Å². The summed E-state index contributed by atoms with van der Waals surface area (Å²) in [6.07, 6.45) is 8.95. The molecule has 1 saturated heterocycles. The van der Waals surface area contributed by atoms with Crippen LogP contribution in [0, 0.1) is 17.8 Å². The molecule has 2 fully saturated rings. The third-order valence-electron chi connectivity index (χ3n) is 5.73. The van der Waals surface area contributed by atoms with Crippen molar-refractivity contribution in [3.8, 4) is 0 Å². The Balaban J connectivity index is 1.26. The molecule has 0 radical (unpaired) electrons. The van der Waals surface area contributed by atoms with Crippen LogP contribution in [0.3, 0.4) is 0 Å². The van der Waals surface area contributed by atoms with Crippen LogP contribution in [0.2, 0.25) is 0 Å². The van der Waals surface area contributed by atoms with Gasteiger partial charge in [-0.05, 0) is 48.6 Å². The van der Waals surface area contributed by atoms with Crippen LogP contribution in [0.4, 0.5) is 0 Å². The van der Waals surface area contributed by atoms with E-state index in [1.807, 2.05) is 6.07 Å². The Kier molecular flexibility index (Phi) is 5.18. The summed E-state index contributed by atoms with van der Waals surface area (Å²) in [6.45, 7) is 2.83. The minimum atomic E-state index is 0.176. The van der Waals surface area contributed by atoms with Crippen molar-refractivity contribution >= 4 is 5.91 Å². The molecular formula is C21H27NO3. The van der Waals surface area contributed by atoms with E-state index in [0.717, 1.165) is 44.5 Å². The molecule has 1 aliphatic heterocycles. The molecular weight excluding hydrogens is 314 g/mol. The van der Waals surface area contributed by atoms with Crippen LogP contribution in [0.15, 0.2) is 36.4 Å². The molecule has 1 heterocycles. The van der Waals surface area contributed by atoms with Gasteiger partial charge in [0.2, 0.25) is 5.91 Å². The van der Waals surface area contributed by atoms with Crippen molar-refractivity contribution in [3.05, 3.63) is 47.5 Å². The van der Waals surface area contributed by atoms with Gasteiger partial charge < -0.3 is 14.8 Å². The van der Waals surface area contributed by atoms with Crippen LogP contribution in [0.5, 0.6) is 0 Å². The number of hydrogen-bond donors (Lipinski definition) is 1. The Labute approximate surface area is 149 Å². The van der Waals surface area contributed by atoms with Gasteiger partial charge in [-0.3, -0.25) is 4.79 Å². The number of allylic oxidation sites excluding steroid dienone is 2. The number of nitrogens with one attached hydrogen (secondary N) is 1. The summed E-state index contributed by atoms with van der Waals surface area (Å²) in [5, 5.41) is 3.13. The number of carbonyl (C=O) groups excluding carboxylic acids is 1. The topological polar surface area (TPSA) is 47.6 Å². The summed E-state index contributed by atoms with van der Waals surface area (Å²) >= 11 is 0. The fraction of sp³-hybridized carbons (Fsp3) is 0.571. The Morgan fingerprint density at radius 2 is 2.00 bits per heavy atom. The van der Waals surface area contributed by atoms with E-state index in [9.17, 15) is 4.79 Å². The number of fused-ring (bicyclic) bond motifs is 2. The molecule has 4 nitrogen and oxygen atoms in total. The smallest absolute Gasteiger partial charge is 0.223 e. The maximum Gasteiger partial charge on any atom is 0.223 e. The molecule has 1 N–H and O–H groups in total. The zero-order valence-corrected chi connectivity index (χ0v) is 14.7. The van der Waals surface area contributed by atoms with Crippen molar-refractivity contribution in [3.63, 3.8) is 0 Å². The Hall–Kier alpha value is -1.65. The number of hydrogen-bond acceptors (Lipinski definition) is 3. The van der Waals surface area contributed by atoms with Gasteiger partial charge in [-0.15, -0.1) is 0 Å². The fourth-order valence-corrected chi connectivity index (χ4v) is 4.29. The Morgan fingerprint density at radius 3 is 2.76 bits per heavy atom. The Bertz CT molecular complexity index is 636. The molecule has 2 bridgehead atoms. The zero-order valence-electron chi connectivity index (χ0n) is 14.7. The molecule has 0 aromatic heterocycles. The van der Waals surface area contributed by atoms with Gasteiger partial charge >= 0.3 is 0 Å². The van der Waals surface area contributed by atoms with Crippen LogP contribution in [0.1, 0.15) is 36.8 Å². The molecule has 0 spiro atoms.